The number of carboxylic acids is 1. The van der Waals surface area contributed by atoms with Crippen LogP contribution >= 0.6 is 0 Å². The molecule has 1 fully saturated rings. The Morgan fingerprint density at radius 2 is 1.70 bits per heavy atom. The number of nitrogens with one attached hydrogen (secondary N) is 1. The van der Waals surface area contributed by atoms with Crippen molar-refractivity contribution in [1.29, 1.82) is 0 Å². The average molecular weight is 284 g/mol. The van der Waals surface area contributed by atoms with Gasteiger partial charge in [0.2, 0.25) is 5.91 Å². The van der Waals surface area contributed by atoms with Crippen molar-refractivity contribution in [3.8, 4) is 0 Å². The van der Waals surface area contributed by atoms with Gasteiger partial charge in [0.1, 0.15) is 0 Å². The van der Waals surface area contributed by atoms with E-state index in [9.17, 15) is 9.59 Å². The van der Waals surface area contributed by atoms with E-state index in [1.54, 1.807) is 0 Å². The van der Waals surface area contributed by atoms with E-state index in [1.165, 1.54) is 6.42 Å². The number of carbonyl (C=O) groups excluding carboxylic acids is 1. The van der Waals surface area contributed by atoms with Crippen LogP contribution in [0.25, 0.3) is 0 Å². The fraction of sp³-hybridized carbons (Fsp3) is 0.867. The minimum Gasteiger partial charge on any atom is -0.481 e. The van der Waals surface area contributed by atoms with Crippen LogP contribution in [0.4, 0.5) is 0 Å². The Kier molecular flexibility index (Phi) is 7.59. The van der Waals surface area contributed by atoms with E-state index < -0.39 is 5.97 Å². The highest BCUT2D eigenvalue weighted by atomic mass is 16.4. The predicted octanol–water partition coefficient (Wildman–Crippen LogP) is 2.05. The lowest BCUT2D eigenvalue weighted by Crippen LogP contribution is -2.47. The summed E-state index contributed by atoms with van der Waals surface area (Å²) in [6.45, 7) is 1.12. The molecule has 0 aromatic heterocycles. The first kappa shape index (κ1) is 17.0. The van der Waals surface area contributed by atoms with Gasteiger partial charge in [-0.25, -0.2) is 0 Å². The Morgan fingerprint density at radius 3 is 2.30 bits per heavy atom. The molecule has 1 saturated carbocycles. The van der Waals surface area contributed by atoms with Crippen molar-refractivity contribution >= 4 is 11.9 Å². The summed E-state index contributed by atoms with van der Waals surface area (Å²) in [6, 6.07) is 0. The summed E-state index contributed by atoms with van der Waals surface area (Å²) in [5.74, 6) is -0.620. The Balaban J connectivity index is 2.14. The molecule has 0 heterocycles. The molecular formula is C15H28N2O3. The number of aliphatic carboxylic acids is 1. The molecule has 0 spiro atoms. The first-order valence-corrected chi connectivity index (χ1v) is 7.81. The highest BCUT2D eigenvalue weighted by Gasteiger charge is 2.37. The zero-order chi connectivity index (χ0) is 14.8. The number of hydrogen-bond acceptors (Lipinski definition) is 3. The molecule has 0 atom stereocenters. The van der Waals surface area contributed by atoms with Gasteiger partial charge >= 0.3 is 5.97 Å². The van der Waals surface area contributed by atoms with Gasteiger partial charge in [0.25, 0.3) is 0 Å². The van der Waals surface area contributed by atoms with Crippen molar-refractivity contribution in [2.45, 2.75) is 64.2 Å². The van der Waals surface area contributed by atoms with E-state index in [1.807, 2.05) is 0 Å². The number of nitrogens with two attached hydrogens (primary N) is 1. The minimum absolute atomic E-state index is 0.116. The van der Waals surface area contributed by atoms with Gasteiger partial charge in [-0.2, -0.15) is 0 Å². The van der Waals surface area contributed by atoms with Crippen LogP contribution in [-0.4, -0.2) is 30.1 Å². The molecule has 0 aromatic carbocycles. The van der Waals surface area contributed by atoms with E-state index in [0.29, 0.717) is 13.1 Å². The standard InChI is InChI=1S/C15H28N2O3/c16-12-15(9-5-3-6-10-15)14(20)17-11-7-2-1-4-8-13(18)19/h1-12,16H2,(H,17,20)(H,18,19). The zero-order valence-electron chi connectivity index (χ0n) is 12.3. The molecule has 0 bridgehead atoms. The first-order valence-electron chi connectivity index (χ1n) is 7.81. The molecule has 5 heteroatoms. The topological polar surface area (TPSA) is 92.4 Å². The van der Waals surface area contributed by atoms with E-state index in [2.05, 4.69) is 5.32 Å². The maximum atomic E-state index is 12.3. The maximum absolute atomic E-state index is 12.3. The summed E-state index contributed by atoms with van der Waals surface area (Å²) in [7, 11) is 0. The number of hydrogen-bond donors (Lipinski definition) is 3. The molecule has 1 aliphatic carbocycles. The van der Waals surface area contributed by atoms with Crippen LogP contribution in [0.1, 0.15) is 64.2 Å². The maximum Gasteiger partial charge on any atom is 0.303 e. The summed E-state index contributed by atoms with van der Waals surface area (Å²) >= 11 is 0. The third kappa shape index (κ3) is 5.49. The van der Waals surface area contributed by atoms with Gasteiger partial charge < -0.3 is 16.2 Å². The van der Waals surface area contributed by atoms with Gasteiger partial charge in [0.15, 0.2) is 0 Å². The van der Waals surface area contributed by atoms with Gasteiger partial charge in [-0.05, 0) is 25.7 Å². The van der Waals surface area contributed by atoms with Crippen molar-refractivity contribution in [2.75, 3.05) is 13.1 Å². The quantitative estimate of drug-likeness (QED) is 0.565. The van der Waals surface area contributed by atoms with Crippen molar-refractivity contribution in [3.05, 3.63) is 0 Å². The van der Waals surface area contributed by atoms with Crippen LogP contribution < -0.4 is 11.1 Å². The summed E-state index contributed by atoms with van der Waals surface area (Å²) in [4.78, 5) is 22.6. The zero-order valence-corrected chi connectivity index (χ0v) is 12.3. The second-order valence-electron chi connectivity index (χ2n) is 5.86. The van der Waals surface area contributed by atoms with Crippen molar-refractivity contribution in [1.82, 2.24) is 5.32 Å². The Labute approximate surface area is 121 Å². The molecule has 1 rings (SSSR count). The third-order valence-electron chi connectivity index (χ3n) is 4.29. The van der Waals surface area contributed by atoms with Crippen LogP contribution in [0.5, 0.6) is 0 Å². The SMILES string of the molecule is NCC1(C(=O)NCCCCCCC(=O)O)CCCCC1. The van der Waals surface area contributed by atoms with E-state index in [-0.39, 0.29) is 17.7 Å². The first-order chi connectivity index (χ1) is 9.60. The molecule has 0 unspecified atom stereocenters. The molecule has 0 aliphatic heterocycles. The summed E-state index contributed by atoms with van der Waals surface area (Å²) in [5, 5.41) is 11.5. The third-order valence-corrected chi connectivity index (χ3v) is 4.29. The Bertz CT molecular complexity index is 312. The van der Waals surface area contributed by atoms with Crippen LogP contribution in [0.2, 0.25) is 0 Å². The van der Waals surface area contributed by atoms with Crippen LogP contribution in [0.15, 0.2) is 0 Å². The fourth-order valence-corrected chi connectivity index (χ4v) is 2.90. The number of unbranched alkanes of at least 4 members (excludes halogenated alkanes) is 3. The molecule has 0 saturated heterocycles. The normalized spacial score (nSPS) is 17.6. The molecule has 4 N–H and O–H groups in total. The molecule has 5 nitrogen and oxygen atoms in total. The van der Waals surface area contributed by atoms with E-state index in [4.69, 9.17) is 10.8 Å². The van der Waals surface area contributed by atoms with Crippen LogP contribution in [-0.2, 0) is 9.59 Å². The highest BCUT2D eigenvalue weighted by Crippen LogP contribution is 2.35. The predicted molar refractivity (Wildman–Crippen MR) is 78.3 cm³/mol. The van der Waals surface area contributed by atoms with Gasteiger partial charge in [0, 0.05) is 19.5 Å². The minimum atomic E-state index is -0.736. The molecule has 1 aliphatic rings. The second-order valence-corrected chi connectivity index (χ2v) is 5.86. The van der Waals surface area contributed by atoms with E-state index in [0.717, 1.165) is 51.4 Å². The monoisotopic (exact) mass is 284 g/mol. The number of amides is 1. The smallest absolute Gasteiger partial charge is 0.303 e. The lowest BCUT2D eigenvalue weighted by atomic mass is 9.73. The lowest BCUT2D eigenvalue weighted by Gasteiger charge is -2.34. The highest BCUT2D eigenvalue weighted by molar-refractivity contribution is 5.82. The van der Waals surface area contributed by atoms with Gasteiger partial charge in [-0.1, -0.05) is 32.1 Å². The summed E-state index contributed by atoms with van der Waals surface area (Å²) in [6.07, 6.45) is 8.96. The number of rotatable bonds is 9. The van der Waals surface area contributed by atoms with Crippen LogP contribution in [0.3, 0.4) is 0 Å². The Hall–Kier alpha value is -1.10. The number of carbonyl (C=O) groups is 2. The fourth-order valence-electron chi connectivity index (χ4n) is 2.90. The summed E-state index contributed by atoms with van der Waals surface area (Å²) in [5.41, 5.74) is 5.49. The van der Waals surface area contributed by atoms with Crippen LogP contribution in [0, 0.1) is 5.41 Å². The molecule has 0 aromatic rings. The van der Waals surface area contributed by atoms with Crippen molar-refractivity contribution in [2.24, 2.45) is 11.1 Å². The number of carboxylic acid groups (broad SMARTS) is 1. The molecule has 1 amide bonds. The average Bonchev–Trinajstić information content (AvgIpc) is 2.46. The molecule has 0 radical (unpaired) electrons. The van der Waals surface area contributed by atoms with Gasteiger partial charge in [0.05, 0.1) is 5.41 Å². The molecule has 20 heavy (non-hydrogen) atoms. The van der Waals surface area contributed by atoms with E-state index >= 15 is 0 Å². The van der Waals surface area contributed by atoms with Crippen molar-refractivity contribution < 1.29 is 14.7 Å². The van der Waals surface area contributed by atoms with Crippen molar-refractivity contribution in [3.63, 3.8) is 0 Å². The van der Waals surface area contributed by atoms with Gasteiger partial charge in [-0.15, -0.1) is 0 Å². The second kappa shape index (κ2) is 8.95. The van der Waals surface area contributed by atoms with Gasteiger partial charge in [-0.3, -0.25) is 9.59 Å². The lowest BCUT2D eigenvalue weighted by molar-refractivity contribution is -0.137. The summed E-state index contributed by atoms with van der Waals surface area (Å²) < 4.78 is 0. The molecule has 116 valence electrons. The molecular weight excluding hydrogens is 256 g/mol. The largest absolute Gasteiger partial charge is 0.481 e. The Morgan fingerprint density at radius 1 is 1.05 bits per heavy atom.